The Hall–Kier alpha value is -1.65. The Labute approximate surface area is 133 Å². The van der Waals surface area contributed by atoms with E-state index in [1.807, 2.05) is 36.4 Å². The Kier molecular flexibility index (Phi) is 4.36. The van der Waals surface area contributed by atoms with Crippen molar-refractivity contribution >= 4 is 34.2 Å². The van der Waals surface area contributed by atoms with E-state index in [0.29, 0.717) is 10.8 Å². The Bertz CT molecular complexity index is 661. The Morgan fingerprint density at radius 2 is 2.05 bits per heavy atom. The summed E-state index contributed by atoms with van der Waals surface area (Å²) < 4.78 is 5.22. The van der Waals surface area contributed by atoms with Crippen LogP contribution in [0.3, 0.4) is 0 Å². The summed E-state index contributed by atoms with van der Waals surface area (Å²) in [4.78, 5) is 4.73. The molecule has 108 valence electrons. The monoisotopic (exact) mass is 318 g/mol. The van der Waals surface area contributed by atoms with E-state index >= 15 is 0 Å². The summed E-state index contributed by atoms with van der Waals surface area (Å²) in [5.74, 6) is 1.61. The number of anilines is 1. The minimum absolute atomic E-state index is 0.216. The van der Waals surface area contributed by atoms with Crippen LogP contribution in [0.2, 0.25) is 5.02 Å². The topological polar surface area (TPSA) is 33.6 Å². The van der Waals surface area contributed by atoms with Crippen LogP contribution < -0.4 is 10.1 Å². The van der Waals surface area contributed by atoms with Gasteiger partial charge in [0.05, 0.1) is 18.2 Å². The summed E-state index contributed by atoms with van der Waals surface area (Å²) in [6, 6.07) is 16.2. The molecule has 0 aliphatic carbocycles. The maximum atomic E-state index is 6.03. The Morgan fingerprint density at radius 3 is 2.81 bits per heavy atom. The molecule has 2 aromatic carbocycles. The van der Waals surface area contributed by atoms with Crippen LogP contribution in [0.25, 0.3) is 0 Å². The summed E-state index contributed by atoms with van der Waals surface area (Å²) in [5, 5.41) is 4.84. The van der Waals surface area contributed by atoms with Crippen LogP contribution in [0, 0.1) is 0 Å². The largest absolute Gasteiger partial charge is 0.495 e. The number of nitrogens with one attached hydrogen (secondary N) is 1. The van der Waals surface area contributed by atoms with Crippen molar-refractivity contribution in [3.05, 3.63) is 59.1 Å². The predicted molar refractivity (Wildman–Crippen MR) is 90.7 cm³/mol. The molecule has 0 saturated carbocycles. The minimum Gasteiger partial charge on any atom is -0.495 e. The Morgan fingerprint density at radius 1 is 1.24 bits per heavy atom. The van der Waals surface area contributed by atoms with Crippen molar-refractivity contribution < 1.29 is 4.74 Å². The van der Waals surface area contributed by atoms with Crippen molar-refractivity contribution in [1.82, 2.24) is 0 Å². The lowest BCUT2D eigenvalue weighted by Gasteiger charge is -2.08. The third-order valence-corrected chi connectivity index (χ3v) is 4.51. The highest BCUT2D eigenvalue weighted by molar-refractivity contribution is 8.14. The number of amidine groups is 1. The van der Waals surface area contributed by atoms with E-state index in [1.54, 1.807) is 18.9 Å². The highest BCUT2D eigenvalue weighted by Crippen LogP contribution is 2.32. The molecule has 2 aromatic rings. The predicted octanol–water partition coefficient (Wildman–Crippen LogP) is 4.60. The summed E-state index contributed by atoms with van der Waals surface area (Å²) in [6.45, 7) is 0. The third kappa shape index (κ3) is 3.34. The lowest BCUT2D eigenvalue weighted by atomic mass is 10.1. The van der Waals surface area contributed by atoms with E-state index in [0.717, 1.165) is 16.6 Å². The molecule has 0 bridgehead atoms. The van der Waals surface area contributed by atoms with Gasteiger partial charge in [0, 0.05) is 17.5 Å². The molecule has 3 rings (SSSR count). The van der Waals surface area contributed by atoms with Crippen molar-refractivity contribution in [3.63, 3.8) is 0 Å². The summed E-state index contributed by atoms with van der Waals surface area (Å²) in [5.41, 5.74) is 2.17. The van der Waals surface area contributed by atoms with Gasteiger partial charge in [-0.15, -0.1) is 0 Å². The van der Waals surface area contributed by atoms with E-state index < -0.39 is 0 Å². The normalized spacial score (nSPS) is 17.4. The second kappa shape index (κ2) is 6.41. The maximum Gasteiger partial charge on any atom is 0.161 e. The average molecular weight is 319 g/mol. The van der Waals surface area contributed by atoms with Crippen LogP contribution in [0.1, 0.15) is 11.6 Å². The number of thioether (sulfide) groups is 1. The minimum atomic E-state index is 0.216. The lowest BCUT2D eigenvalue weighted by Crippen LogP contribution is -2.04. The van der Waals surface area contributed by atoms with Crippen LogP contribution in [-0.2, 0) is 0 Å². The number of methoxy groups -OCH3 is 1. The van der Waals surface area contributed by atoms with Gasteiger partial charge in [0.25, 0.3) is 0 Å². The van der Waals surface area contributed by atoms with Crippen LogP contribution >= 0.6 is 23.4 Å². The first-order valence-corrected chi connectivity index (χ1v) is 7.99. The number of rotatable bonds is 3. The van der Waals surface area contributed by atoms with Gasteiger partial charge in [-0.3, -0.25) is 4.99 Å². The van der Waals surface area contributed by atoms with Crippen molar-refractivity contribution in [3.8, 4) is 5.75 Å². The molecule has 3 nitrogen and oxygen atoms in total. The SMILES string of the molecule is COc1cc(NC2=NC(c3ccccc3)CS2)ccc1Cl. The fourth-order valence-electron chi connectivity index (χ4n) is 2.15. The second-order valence-corrected chi connectivity index (χ2v) is 6.06. The molecule has 5 heteroatoms. The lowest BCUT2D eigenvalue weighted by molar-refractivity contribution is 0.415. The summed E-state index contributed by atoms with van der Waals surface area (Å²) >= 11 is 7.75. The quantitative estimate of drug-likeness (QED) is 0.897. The van der Waals surface area contributed by atoms with Crippen molar-refractivity contribution in [2.45, 2.75) is 6.04 Å². The van der Waals surface area contributed by atoms with Crippen molar-refractivity contribution in [1.29, 1.82) is 0 Å². The molecule has 1 heterocycles. The molecule has 21 heavy (non-hydrogen) atoms. The van der Waals surface area contributed by atoms with Gasteiger partial charge >= 0.3 is 0 Å². The van der Waals surface area contributed by atoms with Crippen LogP contribution in [0.15, 0.2) is 53.5 Å². The average Bonchev–Trinajstić information content (AvgIpc) is 2.98. The molecule has 0 radical (unpaired) electrons. The molecule has 0 saturated heterocycles. The zero-order chi connectivity index (χ0) is 14.7. The summed E-state index contributed by atoms with van der Waals surface area (Å²) in [7, 11) is 1.61. The number of hydrogen-bond acceptors (Lipinski definition) is 4. The van der Waals surface area contributed by atoms with Gasteiger partial charge in [-0.05, 0) is 17.7 Å². The zero-order valence-corrected chi connectivity index (χ0v) is 13.1. The van der Waals surface area contributed by atoms with E-state index in [4.69, 9.17) is 21.3 Å². The van der Waals surface area contributed by atoms with Crippen molar-refractivity contribution in [2.75, 3.05) is 18.2 Å². The first-order valence-electron chi connectivity index (χ1n) is 6.62. The van der Waals surface area contributed by atoms with Crippen LogP contribution in [0.5, 0.6) is 5.75 Å². The fraction of sp³-hybridized carbons (Fsp3) is 0.188. The highest BCUT2D eigenvalue weighted by atomic mass is 35.5. The first-order chi connectivity index (χ1) is 10.3. The number of nitrogens with zero attached hydrogens (tertiary/aromatic N) is 1. The molecule has 0 aromatic heterocycles. The number of hydrogen-bond donors (Lipinski definition) is 1. The molecular formula is C16H15ClN2OS. The highest BCUT2D eigenvalue weighted by Gasteiger charge is 2.19. The smallest absolute Gasteiger partial charge is 0.161 e. The zero-order valence-electron chi connectivity index (χ0n) is 11.5. The number of ether oxygens (including phenoxy) is 1. The molecule has 1 N–H and O–H groups in total. The molecule has 1 unspecified atom stereocenters. The molecule has 0 spiro atoms. The first kappa shape index (κ1) is 14.3. The van der Waals surface area contributed by atoms with Gasteiger partial charge in [0.1, 0.15) is 5.75 Å². The summed E-state index contributed by atoms with van der Waals surface area (Å²) in [6.07, 6.45) is 0. The van der Waals surface area contributed by atoms with Gasteiger partial charge in [-0.2, -0.15) is 0 Å². The molecule has 1 aliphatic rings. The number of halogens is 1. The number of benzene rings is 2. The van der Waals surface area contributed by atoms with E-state index in [-0.39, 0.29) is 6.04 Å². The van der Waals surface area contributed by atoms with Crippen LogP contribution in [0.4, 0.5) is 5.69 Å². The van der Waals surface area contributed by atoms with Gasteiger partial charge in [-0.1, -0.05) is 53.7 Å². The standard InChI is InChI=1S/C16H15ClN2OS/c1-20-15-9-12(7-8-13(15)17)18-16-19-14(10-21-16)11-5-3-2-4-6-11/h2-9,14H,10H2,1H3,(H,18,19). The van der Waals surface area contributed by atoms with Gasteiger partial charge < -0.3 is 10.1 Å². The number of aliphatic imine (C=N–C) groups is 1. The Balaban J connectivity index is 1.74. The molecule has 1 atom stereocenters. The van der Waals surface area contributed by atoms with E-state index in [1.165, 1.54) is 5.56 Å². The maximum absolute atomic E-state index is 6.03. The second-order valence-electron chi connectivity index (χ2n) is 4.65. The van der Waals surface area contributed by atoms with E-state index in [9.17, 15) is 0 Å². The van der Waals surface area contributed by atoms with Gasteiger partial charge in [0.15, 0.2) is 5.17 Å². The molecular weight excluding hydrogens is 304 g/mol. The van der Waals surface area contributed by atoms with Gasteiger partial charge in [-0.25, -0.2) is 0 Å². The third-order valence-electron chi connectivity index (χ3n) is 3.24. The molecule has 1 aliphatic heterocycles. The van der Waals surface area contributed by atoms with E-state index in [2.05, 4.69) is 17.4 Å². The molecule has 0 fully saturated rings. The van der Waals surface area contributed by atoms with Gasteiger partial charge in [0.2, 0.25) is 0 Å². The van der Waals surface area contributed by atoms with Crippen molar-refractivity contribution in [2.24, 2.45) is 4.99 Å². The molecule has 0 amide bonds. The van der Waals surface area contributed by atoms with Crippen LogP contribution in [-0.4, -0.2) is 18.0 Å². The fourth-order valence-corrected chi connectivity index (χ4v) is 3.32.